The summed E-state index contributed by atoms with van der Waals surface area (Å²) in [5, 5.41) is 8.21. The highest BCUT2D eigenvalue weighted by Crippen LogP contribution is 2.24. The molecule has 0 saturated heterocycles. The number of anilines is 2. The van der Waals surface area contributed by atoms with Crippen molar-refractivity contribution in [3.8, 4) is 5.69 Å². The zero-order valence-electron chi connectivity index (χ0n) is 20.8. The standard InChI is InChI=1S/C31H29N5O/c1-24(37)28-19-17-25(18-20-28)21-32-30-33-31(36(34-30)29-15-9-4-10-16-29)35(22-26-11-5-2-6-12-26)23-27-13-7-3-8-14-27/h2-20H,21-23H2,1H3,(H,32,34). The molecule has 1 aromatic heterocycles. The average Bonchev–Trinajstić information content (AvgIpc) is 3.38. The Hall–Kier alpha value is -4.71. The molecule has 0 atom stereocenters. The summed E-state index contributed by atoms with van der Waals surface area (Å²) in [4.78, 5) is 18.8. The van der Waals surface area contributed by atoms with Crippen LogP contribution in [-0.2, 0) is 19.6 Å². The first kappa shape index (κ1) is 24.0. The van der Waals surface area contributed by atoms with Crippen LogP contribution in [0.1, 0.15) is 34.0 Å². The lowest BCUT2D eigenvalue weighted by molar-refractivity contribution is 0.101. The molecule has 0 amide bonds. The molecule has 4 aromatic carbocycles. The first-order chi connectivity index (χ1) is 18.2. The predicted molar refractivity (Wildman–Crippen MR) is 148 cm³/mol. The second-order valence-corrected chi connectivity index (χ2v) is 8.92. The van der Waals surface area contributed by atoms with E-state index in [1.165, 1.54) is 11.1 Å². The van der Waals surface area contributed by atoms with E-state index in [1.807, 2.05) is 71.4 Å². The fraction of sp³-hybridized carbons (Fsp3) is 0.129. The van der Waals surface area contributed by atoms with Crippen LogP contribution >= 0.6 is 0 Å². The Balaban J connectivity index is 1.47. The molecule has 184 valence electrons. The van der Waals surface area contributed by atoms with Crippen molar-refractivity contribution in [3.05, 3.63) is 138 Å². The predicted octanol–water partition coefficient (Wildman–Crippen LogP) is 6.29. The number of nitrogens with zero attached hydrogens (tertiary/aromatic N) is 4. The Bertz CT molecular complexity index is 1390. The van der Waals surface area contributed by atoms with Crippen LogP contribution in [0.3, 0.4) is 0 Å². The van der Waals surface area contributed by atoms with Crippen LogP contribution < -0.4 is 10.2 Å². The Morgan fingerprint density at radius 3 is 1.81 bits per heavy atom. The third kappa shape index (κ3) is 6.11. The molecule has 1 heterocycles. The highest BCUT2D eigenvalue weighted by Gasteiger charge is 2.19. The van der Waals surface area contributed by atoms with Gasteiger partial charge in [-0.2, -0.15) is 9.67 Å². The number of rotatable bonds is 10. The maximum absolute atomic E-state index is 11.6. The van der Waals surface area contributed by atoms with E-state index in [1.54, 1.807) is 6.92 Å². The van der Waals surface area contributed by atoms with Crippen molar-refractivity contribution < 1.29 is 4.79 Å². The number of carbonyl (C=O) groups is 1. The van der Waals surface area contributed by atoms with Gasteiger partial charge in [-0.1, -0.05) is 103 Å². The summed E-state index contributed by atoms with van der Waals surface area (Å²) in [6.07, 6.45) is 0. The summed E-state index contributed by atoms with van der Waals surface area (Å²) in [7, 11) is 0. The van der Waals surface area contributed by atoms with Gasteiger partial charge in [-0.25, -0.2) is 0 Å². The van der Waals surface area contributed by atoms with E-state index in [0.29, 0.717) is 31.1 Å². The molecular formula is C31H29N5O. The zero-order chi connectivity index (χ0) is 25.5. The van der Waals surface area contributed by atoms with Gasteiger partial charge in [-0.15, -0.1) is 5.10 Å². The summed E-state index contributed by atoms with van der Waals surface area (Å²) in [6.45, 7) is 3.50. The van der Waals surface area contributed by atoms with Crippen LogP contribution in [0.15, 0.2) is 115 Å². The minimum Gasteiger partial charge on any atom is -0.349 e. The minimum atomic E-state index is 0.0596. The van der Waals surface area contributed by atoms with Crippen molar-refractivity contribution in [3.63, 3.8) is 0 Å². The molecule has 0 fully saturated rings. The van der Waals surface area contributed by atoms with Crippen LogP contribution in [0.2, 0.25) is 0 Å². The van der Waals surface area contributed by atoms with Crippen molar-refractivity contribution in [2.75, 3.05) is 10.2 Å². The van der Waals surface area contributed by atoms with Gasteiger partial charge >= 0.3 is 0 Å². The topological polar surface area (TPSA) is 63.1 Å². The Labute approximate surface area is 217 Å². The lowest BCUT2D eigenvalue weighted by Crippen LogP contribution is -2.25. The van der Waals surface area contributed by atoms with Crippen molar-refractivity contribution >= 4 is 17.7 Å². The van der Waals surface area contributed by atoms with E-state index in [2.05, 4.69) is 58.7 Å². The second-order valence-electron chi connectivity index (χ2n) is 8.92. The molecule has 37 heavy (non-hydrogen) atoms. The summed E-state index contributed by atoms with van der Waals surface area (Å²) in [5.41, 5.74) is 5.08. The second kappa shape index (κ2) is 11.4. The molecule has 6 nitrogen and oxygen atoms in total. The summed E-state index contributed by atoms with van der Waals surface area (Å²) in [6, 6.07) is 38.5. The molecule has 5 rings (SSSR count). The molecule has 0 aliphatic heterocycles. The molecule has 0 spiro atoms. The third-order valence-corrected chi connectivity index (χ3v) is 6.12. The minimum absolute atomic E-state index is 0.0596. The van der Waals surface area contributed by atoms with Gasteiger partial charge in [0.1, 0.15) is 0 Å². The molecule has 0 aliphatic rings. The average molecular weight is 488 g/mol. The molecular weight excluding hydrogens is 458 g/mol. The van der Waals surface area contributed by atoms with Crippen LogP contribution in [0.25, 0.3) is 5.69 Å². The van der Waals surface area contributed by atoms with E-state index >= 15 is 0 Å². The lowest BCUT2D eigenvalue weighted by atomic mass is 10.1. The molecule has 0 aliphatic carbocycles. The number of carbonyl (C=O) groups excluding carboxylic acids is 1. The van der Waals surface area contributed by atoms with E-state index in [9.17, 15) is 4.79 Å². The largest absolute Gasteiger partial charge is 0.349 e. The van der Waals surface area contributed by atoms with Crippen LogP contribution in [0.5, 0.6) is 0 Å². The van der Waals surface area contributed by atoms with Crippen LogP contribution in [0.4, 0.5) is 11.9 Å². The molecule has 6 heteroatoms. The number of para-hydroxylation sites is 1. The van der Waals surface area contributed by atoms with Crippen LogP contribution in [-0.4, -0.2) is 20.5 Å². The molecule has 1 N–H and O–H groups in total. The van der Waals surface area contributed by atoms with E-state index in [0.717, 1.165) is 17.2 Å². The van der Waals surface area contributed by atoms with Gasteiger partial charge in [-0.3, -0.25) is 4.79 Å². The normalized spacial score (nSPS) is 10.7. The van der Waals surface area contributed by atoms with Gasteiger partial charge in [0.15, 0.2) is 5.78 Å². The van der Waals surface area contributed by atoms with Gasteiger partial charge in [0.25, 0.3) is 0 Å². The maximum atomic E-state index is 11.6. The monoisotopic (exact) mass is 487 g/mol. The maximum Gasteiger partial charge on any atom is 0.244 e. The van der Waals surface area contributed by atoms with Gasteiger partial charge in [0, 0.05) is 25.2 Å². The molecule has 0 saturated carbocycles. The van der Waals surface area contributed by atoms with Gasteiger partial charge in [-0.05, 0) is 35.7 Å². The van der Waals surface area contributed by atoms with Gasteiger partial charge < -0.3 is 10.2 Å². The fourth-order valence-electron chi connectivity index (χ4n) is 4.17. The summed E-state index contributed by atoms with van der Waals surface area (Å²) < 4.78 is 1.90. The Morgan fingerprint density at radius 1 is 0.730 bits per heavy atom. The van der Waals surface area contributed by atoms with Crippen molar-refractivity contribution in [1.82, 2.24) is 14.8 Å². The fourth-order valence-corrected chi connectivity index (χ4v) is 4.17. The number of nitrogens with one attached hydrogen (secondary N) is 1. The number of Topliss-reactive ketones (excluding diaryl/α,β-unsaturated/α-hetero) is 1. The van der Waals surface area contributed by atoms with Gasteiger partial charge in [0.05, 0.1) is 5.69 Å². The van der Waals surface area contributed by atoms with E-state index < -0.39 is 0 Å². The SMILES string of the molecule is CC(=O)c1ccc(CNc2nc(N(Cc3ccccc3)Cc3ccccc3)n(-c3ccccc3)n2)cc1. The van der Waals surface area contributed by atoms with E-state index in [4.69, 9.17) is 10.1 Å². The molecule has 0 radical (unpaired) electrons. The molecule has 0 bridgehead atoms. The van der Waals surface area contributed by atoms with Crippen molar-refractivity contribution in [1.29, 1.82) is 0 Å². The van der Waals surface area contributed by atoms with E-state index in [-0.39, 0.29) is 5.78 Å². The highest BCUT2D eigenvalue weighted by atomic mass is 16.1. The van der Waals surface area contributed by atoms with Crippen molar-refractivity contribution in [2.45, 2.75) is 26.6 Å². The number of ketones is 1. The number of benzene rings is 4. The Kier molecular flexibility index (Phi) is 7.36. The zero-order valence-corrected chi connectivity index (χ0v) is 20.8. The quantitative estimate of drug-likeness (QED) is 0.235. The molecule has 0 unspecified atom stereocenters. The molecule has 5 aromatic rings. The van der Waals surface area contributed by atoms with Crippen molar-refractivity contribution in [2.24, 2.45) is 0 Å². The third-order valence-electron chi connectivity index (χ3n) is 6.12. The summed E-state index contributed by atoms with van der Waals surface area (Å²) >= 11 is 0. The van der Waals surface area contributed by atoms with Crippen LogP contribution in [0, 0.1) is 0 Å². The summed E-state index contributed by atoms with van der Waals surface area (Å²) in [5.74, 6) is 1.36. The first-order valence-corrected chi connectivity index (χ1v) is 12.3. The first-order valence-electron chi connectivity index (χ1n) is 12.3. The highest BCUT2D eigenvalue weighted by molar-refractivity contribution is 5.94. The number of hydrogen-bond donors (Lipinski definition) is 1. The number of hydrogen-bond acceptors (Lipinski definition) is 5. The number of aromatic nitrogens is 3. The lowest BCUT2D eigenvalue weighted by Gasteiger charge is -2.24. The smallest absolute Gasteiger partial charge is 0.244 e. The van der Waals surface area contributed by atoms with Gasteiger partial charge in [0.2, 0.25) is 11.9 Å². The Morgan fingerprint density at radius 2 is 1.27 bits per heavy atom.